The molecule has 0 bridgehead atoms. The van der Waals surface area contributed by atoms with Gasteiger partial charge in [-0.15, -0.1) is 0 Å². The average Bonchev–Trinajstić information content (AvgIpc) is 2.15. The van der Waals surface area contributed by atoms with E-state index in [1.165, 1.54) is 0 Å². The molecule has 0 aliphatic carbocycles. The number of carbonyl (C=O) groups is 1. The minimum atomic E-state index is -1.08. The van der Waals surface area contributed by atoms with Crippen LogP contribution in [-0.4, -0.2) is 79.1 Å². The standard InChI is InChI=1S/C11H20FN3O/c1-11(12)8-14(9-11)7-10(16)15-5-3-13(2)4-6-15/h3-9H2,1-2H3. The molecular weight excluding hydrogens is 209 g/mol. The number of nitrogens with zero attached hydrogens (tertiary/aromatic N) is 3. The summed E-state index contributed by atoms with van der Waals surface area (Å²) in [5.74, 6) is 0.142. The maximum atomic E-state index is 13.2. The van der Waals surface area contributed by atoms with Crippen LogP contribution in [0.15, 0.2) is 0 Å². The zero-order chi connectivity index (χ0) is 11.8. The van der Waals surface area contributed by atoms with E-state index < -0.39 is 5.67 Å². The van der Waals surface area contributed by atoms with E-state index >= 15 is 0 Å². The summed E-state index contributed by atoms with van der Waals surface area (Å²) in [5, 5.41) is 0. The molecule has 2 fully saturated rings. The van der Waals surface area contributed by atoms with Gasteiger partial charge >= 0.3 is 0 Å². The van der Waals surface area contributed by atoms with Gasteiger partial charge in [0.05, 0.1) is 6.54 Å². The highest BCUT2D eigenvalue weighted by Crippen LogP contribution is 2.23. The van der Waals surface area contributed by atoms with Gasteiger partial charge in [0.1, 0.15) is 5.67 Å². The van der Waals surface area contributed by atoms with Crippen molar-refractivity contribution in [2.75, 3.05) is 52.9 Å². The fourth-order valence-electron chi connectivity index (χ4n) is 2.35. The zero-order valence-electron chi connectivity index (χ0n) is 10.1. The first kappa shape index (κ1) is 11.8. The number of hydrogen-bond acceptors (Lipinski definition) is 3. The summed E-state index contributed by atoms with van der Waals surface area (Å²) in [7, 11) is 2.06. The molecule has 0 aromatic carbocycles. The highest BCUT2D eigenvalue weighted by molar-refractivity contribution is 5.78. The monoisotopic (exact) mass is 229 g/mol. The molecule has 0 unspecified atom stereocenters. The SMILES string of the molecule is CN1CCN(C(=O)CN2CC(C)(F)C2)CC1. The first-order valence-corrected chi connectivity index (χ1v) is 5.84. The van der Waals surface area contributed by atoms with E-state index in [-0.39, 0.29) is 5.91 Å². The van der Waals surface area contributed by atoms with Crippen molar-refractivity contribution in [3.63, 3.8) is 0 Å². The molecule has 0 saturated carbocycles. The molecule has 0 aromatic rings. The number of likely N-dealkylation sites (N-methyl/N-ethyl adjacent to an activating group) is 1. The molecule has 2 rings (SSSR count). The van der Waals surface area contributed by atoms with Crippen molar-refractivity contribution < 1.29 is 9.18 Å². The molecule has 2 heterocycles. The molecule has 5 heteroatoms. The summed E-state index contributed by atoms with van der Waals surface area (Å²) in [5.41, 5.74) is -1.08. The van der Waals surface area contributed by atoms with Gasteiger partial charge in [0.25, 0.3) is 0 Å². The van der Waals surface area contributed by atoms with Crippen molar-refractivity contribution in [1.82, 2.24) is 14.7 Å². The van der Waals surface area contributed by atoms with E-state index in [1.807, 2.05) is 9.80 Å². The van der Waals surface area contributed by atoms with Crippen molar-refractivity contribution in [3.05, 3.63) is 0 Å². The molecule has 2 aliphatic heterocycles. The molecule has 1 amide bonds. The van der Waals surface area contributed by atoms with Gasteiger partial charge in [-0.3, -0.25) is 9.69 Å². The van der Waals surface area contributed by atoms with Crippen LogP contribution in [0.1, 0.15) is 6.92 Å². The summed E-state index contributed by atoms with van der Waals surface area (Å²) in [6.07, 6.45) is 0. The molecule has 92 valence electrons. The van der Waals surface area contributed by atoms with Crippen LogP contribution in [0.3, 0.4) is 0 Å². The fraction of sp³-hybridized carbons (Fsp3) is 0.909. The molecular formula is C11H20FN3O. The van der Waals surface area contributed by atoms with Gasteiger partial charge in [-0.25, -0.2) is 4.39 Å². The van der Waals surface area contributed by atoms with E-state index in [1.54, 1.807) is 6.92 Å². The minimum absolute atomic E-state index is 0.142. The third-order valence-electron chi connectivity index (χ3n) is 3.32. The Morgan fingerprint density at radius 1 is 1.25 bits per heavy atom. The molecule has 0 aromatic heterocycles. The second kappa shape index (κ2) is 4.30. The van der Waals surface area contributed by atoms with Crippen LogP contribution in [0, 0.1) is 0 Å². The largest absolute Gasteiger partial charge is 0.339 e. The van der Waals surface area contributed by atoms with E-state index in [0.717, 1.165) is 26.2 Å². The maximum absolute atomic E-state index is 13.2. The van der Waals surface area contributed by atoms with Gasteiger partial charge in [-0.1, -0.05) is 0 Å². The Bertz CT molecular complexity index is 266. The van der Waals surface area contributed by atoms with Crippen molar-refractivity contribution in [3.8, 4) is 0 Å². The van der Waals surface area contributed by atoms with E-state index in [9.17, 15) is 9.18 Å². The van der Waals surface area contributed by atoms with Gasteiger partial charge in [0.15, 0.2) is 0 Å². The van der Waals surface area contributed by atoms with E-state index in [4.69, 9.17) is 0 Å². The molecule has 16 heavy (non-hydrogen) atoms. The van der Waals surface area contributed by atoms with Crippen LogP contribution in [0.2, 0.25) is 0 Å². The van der Waals surface area contributed by atoms with Crippen LogP contribution in [-0.2, 0) is 4.79 Å². The van der Waals surface area contributed by atoms with E-state index in [2.05, 4.69) is 11.9 Å². The Morgan fingerprint density at radius 2 is 1.81 bits per heavy atom. The number of halogens is 1. The number of piperazine rings is 1. The van der Waals surface area contributed by atoms with Crippen LogP contribution < -0.4 is 0 Å². The number of hydrogen-bond donors (Lipinski definition) is 0. The van der Waals surface area contributed by atoms with E-state index in [0.29, 0.717) is 19.6 Å². The lowest BCUT2D eigenvalue weighted by Gasteiger charge is -2.43. The van der Waals surface area contributed by atoms with Crippen LogP contribution in [0.4, 0.5) is 4.39 Å². The summed E-state index contributed by atoms with van der Waals surface area (Å²) < 4.78 is 13.2. The Kier molecular flexibility index (Phi) is 3.17. The number of amides is 1. The van der Waals surface area contributed by atoms with Gasteiger partial charge in [0, 0.05) is 39.3 Å². The first-order chi connectivity index (χ1) is 7.46. The zero-order valence-corrected chi connectivity index (χ0v) is 10.1. The van der Waals surface area contributed by atoms with Gasteiger partial charge in [-0.2, -0.15) is 0 Å². The predicted molar refractivity (Wildman–Crippen MR) is 60.0 cm³/mol. The minimum Gasteiger partial charge on any atom is -0.339 e. The lowest BCUT2D eigenvalue weighted by Crippen LogP contribution is -2.60. The Hall–Kier alpha value is -0.680. The number of likely N-dealkylation sites (tertiary alicyclic amines) is 1. The molecule has 0 atom stereocenters. The number of alkyl halides is 1. The van der Waals surface area contributed by atoms with Gasteiger partial charge in [0.2, 0.25) is 5.91 Å². The van der Waals surface area contributed by atoms with Gasteiger partial charge < -0.3 is 9.80 Å². The van der Waals surface area contributed by atoms with Crippen molar-refractivity contribution in [2.45, 2.75) is 12.6 Å². The lowest BCUT2D eigenvalue weighted by molar-refractivity contribution is -0.137. The lowest BCUT2D eigenvalue weighted by atomic mass is 9.99. The van der Waals surface area contributed by atoms with Crippen LogP contribution >= 0.6 is 0 Å². The highest BCUT2D eigenvalue weighted by Gasteiger charge is 2.39. The normalized spacial score (nSPS) is 26.6. The molecule has 2 saturated heterocycles. The third-order valence-corrected chi connectivity index (χ3v) is 3.32. The predicted octanol–water partition coefficient (Wildman–Crippen LogP) is -0.196. The van der Waals surface area contributed by atoms with Crippen molar-refractivity contribution in [2.24, 2.45) is 0 Å². The van der Waals surface area contributed by atoms with Crippen molar-refractivity contribution >= 4 is 5.91 Å². The molecule has 0 radical (unpaired) electrons. The molecule has 0 spiro atoms. The Morgan fingerprint density at radius 3 is 2.31 bits per heavy atom. The van der Waals surface area contributed by atoms with Crippen LogP contribution in [0.5, 0.6) is 0 Å². The number of rotatable bonds is 2. The average molecular weight is 229 g/mol. The third kappa shape index (κ3) is 2.71. The second-order valence-corrected chi connectivity index (χ2v) is 5.24. The summed E-state index contributed by atoms with van der Waals surface area (Å²) in [4.78, 5) is 17.8. The molecule has 2 aliphatic rings. The highest BCUT2D eigenvalue weighted by atomic mass is 19.1. The second-order valence-electron chi connectivity index (χ2n) is 5.24. The Balaban J connectivity index is 1.72. The summed E-state index contributed by atoms with van der Waals surface area (Å²) in [6, 6.07) is 0. The number of carbonyl (C=O) groups excluding carboxylic acids is 1. The quantitative estimate of drug-likeness (QED) is 0.656. The molecule has 0 N–H and O–H groups in total. The first-order valence-electron chi connectivity index (χ1n) is 5.84. The summed E-state index contributed by atoms with van der Waals surface area (Å²) in [6.45, 7) is 6.23. The van der Waals surface area contributed by atoms with Crippen molar-refractivity contribution in [1.29, 1.82) is 0 Å². The summed E-state index contributed by atoms with van der Waals surface area (Å²) >= 11 is 0. The molecule has 4 nitrogen and oxygen atoms in total. The Labute approximate surface area is 96.0 Å². The van der Waals surface area contributed by atoms with Gasteiger partial charge in [-0.05, 0) is 14.0 Å². The topological polar surface area (TPSA) is 26.8 Å². The van der Waals surface area contributed by atoms with Crippen LogP contribution in [0.25, 0.3) is 0 Å². The fourth-order valence-corrected chi connectivity index (χ4v) is 2.35. The maximum Gasteiger partial charge on any atom is 0.236 e. The smallest absolute Gasteiger partial charge is 0.236 e.